The summed E-state index contributed by atoms with van der Waals surface area (Å²) in [6, 6.07) is 5.90. The minimum Gasteiger partial charge on any atom is -0.382 e. The van der Waals surface area contributed by atoms with Crippen molar-refractivity contribution in [1.82, 2.24) is 29.8 Å². The Labute approximate surface area is 247 Å². The summed E-state index contributed by atoms with van der Waals surface area (Å²) in [6.45, 7) is 1.41. The van der Waals surface area contributed by atoms with Crippen LogP contribution in [0.3, 0.4) is 0 Å². The summed E-state index contributed by atoms with van der Waals surface area (Å²) in [5.74, 6) is -1.54. The van der Waals surface area contributed by atoms with Crippen molar-refractivity contribution in [3.8, 4) is 0 Å². The average Bonchev–Trinajstić information content (AvgIpc) is 3.36. The highest BCUT2D eigenvalue weighted by molar-refractivity contribution is 7.89. The Balaban J connectivity index is 1.19. The van der Waals surface area contributed by atoms with Gasteiger partial charge in [0.05, 0.1) is 17.0 Å². The van der Waals surface area contributed by atoms with Crippen LogP contribution in [-0.4, -0.2) is 100 Å². The molecule has 0 saturated carbocycles. The number of guanidine groups is 1. The number of nitrogens with zero attached hydrogens (tertiary/aromatic N) is 5. The fourth-order valence-corrected chi connectivity index (χ4v) is 7.09. The second-order valence-electron chi connectivity index (χ2n) is 10.7. The number of benzene rings is 1. The topological polar surface area (TPSA) is 229 Å². The summed E-state index contributed by atoms with van der Waals surface area (Å²) < 4.78 is 27.8. The van der Waals surface area contributed by atoms with E-state index in [4.69, 9.17) is 23.1 Å². The van der Waals surface area contributed by atoms with Crippen LogP contribution in [0.4, 0.5) is 11.6 Å². The molecule has 2 saturated heterocycles. The fraction of sp³-hybridized carbons (Fsp3) is 0.480. The van der Waals surface area contributed by atoms with Crippen LogP contribution in [-0.2, 0) is 10.0 Å². The molecule has 0 aliphatic carbocycles. The number of hydrogen-bond acceptors (Lipinski definition) is 12. The van der Waals surface area contributed by atoms with Crippen molar-refractivity contribution in [2.24, 2.45) is 10.9 Å². The predicted octanol–water partition coefficient (Wildman–Crippen LogP) is -0.630. The minimum atomic E-state index is -3.93. The van der Waals surface area contributed by atoms with Crippen molar-refractivity contribution in [2.75, 3.05) is 44.2 Å². The molecule has 1 atom stereocenters. The number of amides is 2. The zero-order chi connectivity index (χ0) is 30.2. The van der Waals surface area contributed by atoms with E-state index in [-0.39, 0.29) is 57.9 Å². The van der Waals surface area contributed by atoms with Gasteiger partial charge in [0.1, 0.15) is 0 Å². The Bertz CT molecular complexity index is 1530. The maximum absolute atomic E-state index is 13.4. The average molecular weight is 622 g/mol. The number of hydrogen-bond donors (Lipinski definition) is 6. The van der Waals surface area contributed by atoms with Crippen LogP contribution in [0, 0.1) is 5.92 Å². The van der Waals surface area contributed by atoms with Crippen molar-refractivity contribution < 1.29 is 28.2 Å². The molecule has 1 unspecified atom stereocenters. The van der Waals surface area contributed by atoms with E-state index in [9.17, 15) is 28.2 Å². The molecule has 8 N–H and O–H groups in total. The van der Waals surface area contributed by atoms with Gasteiger partial charge in [0.2, 0.25) is 10.0 Å². The molecule has 0 radical (unpaired) electrons. The van der Waals surface area contributed by atoms with E-state index in [1.165, 1.54) is 22.5 Å². The van der Waals surface area contributed by atoms with Gasteiger partial charge in [0.15, 0.2) is 34.7 Å². The minimum absolute atomic E-state index is 0.00158. The number of piperidine rings is 2. The van der Waals surface area contributed by atoms with Gasteiger partial charge in [-0.1, -0.05) is 17.7 Å². The number of anilines is 2. The van der Waals surface area contributed by atoms with Crippen molar-refractivity contribution in [2.45, 2.75) is 42.4 Å². The lowest BCUT2D eigenvalue weighted by atomic mass is 9.88. The van der Waals surface area contributed by atoms with Crippen LogP contribution in [0.5, 0.6) is 0 Å². The number of sulfonamides is 1. The lowest BCUT2D eigenvalue weighted by molar-refractivity contribution is -0.0946. The van der Waals surface area contributed by atoms with Crippen LogP contribution in [0.2, 0.25) is 5.15 Å². The fourth-order valence-electron chi connectivity index (χ4n) is 5.38. The number of aliphatic hydroxyl groups excluding tert-OH is 1. The van der Waals surface area contributed by atoms with Gasteiger partial charge in [-0.25, -0.2) is 18.4 Å². The largest absolute Gasteiger partial charge is 0.382 e. The number of aliphatic imine (C=N–C) groups is 1. The van der Waals surface area contributed by atoms with Gasteiger partial charge >= 0.3 is 0 Å². The third-order valence-electron chi connectivity index (χ3n) is 7.84. The molecule has 42 heavy (non-hydrogen) atoms. The third-order valence-corrected chi connectivity index (χ3v) is 9.98. The van der Waals surface area contributed by atoms with Gasteiger partial charge in [-0.3, -0.25) is 19.9 Å². The van der Waals surface area contributed by atoms with Gasteiger partial charge in [-0.15, -0.1) is 0 Å². The smallest absolute Gasteiger partial charge is 0.280 e. The molecule has 15 nitrogen and oxygen atoms in total. The second-order valence-corrected chi connectivity index (χ2v) is 13.0. The van der Waals surface area contributed by atoms with Crippen LogP contribution < -0.4 is 22.1 Å². The van der Waals surface area contributed by atoms with Crippen LogP contribution >= 0.6 is 11.6 Å². The van der Waals surface area contributed by atoms with Gasteiger partial charge in [-0.05, 0) is 43.9 Å². The SMILES string of the molecule is Nc1nc(N)c(C(=O)NC2=NCC3(CCN(C(=O)c4cccc(S(=O)(=O)N5CCCC(C(O)O)C5)c4)CC3)N2)nc1Cl. The van der Waals surface area contributed by atoms with E-state index < -0.39 is 33.7 Å². The van der Waals surface area contributed by atoms with Crippen molar-refractivity contribution in [3.63, 3.8) is 0 Å². The van der Waals surface area contributed by atoms with Crippen LogP contribution in [0.1, 0.15) is 46.5 Å². The van der Waals surface area contributed by atoms with E-state index in [2.05, 4.69) is 25.6 Å². The number of likely N-dealkylation sites (tertiary alicyclic amines) is 1. The van der Waals surface area contributed by atoms with Crippen molar-refractivity contribution in [3.05, 3.63) is 40.7 Å². The number of carbonyl (C=O) groups excluding carboxylic acids is 2. The van der Waals surface area contributed by atoms with Crippen LogP contribution in [0.25, 0.3) is 0 Å². The molecular weight excluding hydrogens is 590 g/mol. The summed E-state index contributed by atoms with van der Waals surface area (Å²) in [5, 5.41) is 24.8. The van der Waals surface area contributed by atoms with E-state index in [1.54, 1.807) is 11.0 Å². The molecule has 0 bridgehead atoms. The van der Waals surface area contributed by atoms with E-state index in [1.807, 2.05) is 0 Å². The number of nitrogens with one attached hydrogen (secondary N) is 2. The first-order valence-corrected chi connectivity index (χ1v) is 15.2. The Hall–Kier alpha value is -3.57. The number of aromatic nitrogens is 2. The summed E-state index contributed by atoms with van der Waals surface area (Å²) in [5.41, 5.74) is 10.9. The molecule has 4 heterocycles. The zero-order valence-electron chi connectivity index (χ0n) is 22.5. The van der Waals surface area contributed by atoms with E-state index in [0.29, 0.717) is 45.3 Å². The summed E-state index contributed by atoms with van der Waals surface area (Å²) in [4.78, 5) is 39.7. The predicted molar refractivity (Wildman–Crippen MR) is 153 cm³/mol. The normalized spacial score (nSPS) is 20.8. The third kappa shape index (κ3) is 5.98. The highest BCUT2D eigenvalue weighted by atomic mass is 35.5. The highest BCUT2D eigenvalue weighted by Crippen LogP contribution is 2.29. The molecule has 1 aromatic carbocycles. The highest BCUT2D eigenvalue weighted by Gasteiger charge is 2.40. The number of halogens is 1. The Kier molecular flexibility index (Phi) is 8.26. The monoisotopic (exact) mass is 621 g/mol. The first kappa shape index (κ1) is 29.9. The standard InChI is InChI=1S/C25H32ClN9O6S/c26-18-20(28)31-19(27)17(30-18)21(36)32-24-29-13-25(33-24)6-9-34(10-7-25)22(37)14-3-1-5-16(11-14)42(40,41)35-8-2-4-15(12-35)23(38)39/h1,3,5,11,15,23,38-39H,2,4,6-10,12-13H2,(H4,27,28,31)(H2,29,32,33,36). The lowest BCUT2D eigenvalue weighted by Crippen LogP contribution is -2.57. The quantitative estimate of drug-likeness (QED) is 0.230. The molecule has 2 aromatic rings. The molecule has 5 rings (SSSR count). The molecular formula is C25H32ClN9O6S. The van der Waals surface area contributed by atoms with Crippen LogP contribution in [0.15, 0.2) is 34.2 Å². The molecule has 17 heteroatoms. The molecule has 3 aliphatic rings. The Morgan fingerprint density at radius 3 is 2.60 bits per heavy atom. The number of carbonyl (C=O) groups is 2. The van der Waals surface area contributed by atoms with Crippen molar-refractivity contribution >= 4 is 51.0 Å². The second kappa shape index (κ2) is 11.6. The molecule has 226 valence electrons. The van der Waals surface area contributed by atoms with E-state index in [0.717, 1.165) is 0 Å². The molecule has 3 aliphatic heterocycles. The summed E-state index contributed by atoms with van der Waals surface area (Å²) in [6.07, 6.45) is 0.507. The summed E-state index contributed by atoms with van der Waals surface area (Å²) in [7, 11) is -3.93. The first-order valence-electron chi connectivity index (χ1n) is 13.4. The van der Waals surface area contributed by atoms with Gasteiger partial charge < -0.3 is 31.9 Å². The van der Waals surface area contributed by atoms with Gasteiger partial charge in [0, 0.05) is 37.7 Å². The first-order chi connectivity index (χ1) is 19.9. The number of nitrogen functional groups attached to an aromatic ring is 2. The molecule has 2 amide bonds. The maximum atomic E-state index is 13.4. The number of aliphatic hydroxyl groups is 2. The molecule has 1 aromatic heterocycles. The Morgan fingerprint density at radius 2 is 1.88 bits per heavy atom. The maximum Gasteiger partial charge on any atom is 0.280 e. The van der Waals surface area contributed by atoms with E-state index >= 15 is 0 Å². The Morgan fingerprint density at radius 1 is 1.14 bits per heavy atom. The number of rotatable bonds is 5. The van der Waals surface area contributed by atoms with Gasteiger partial charge in [0.25, 0.3) is 11.8 Å². The van der Waals surface area contributed by atoms with Crippen molar-refractivity contribution in [1.29, 1.82) is 0 Å². The summed E-state index contributed by atoms with van der Waals surface area (Å²) >= 11 is 5.87. The molecule has 1 spiro atoms. The number of nitrogens with two attached hydrogens (primary N) is 2. The van der Waals surface area contributed by atoms with Gasteiger partial charge in [-0.2, -0.15) is 4.31 Å². The zero-order valence-corrected chi connectivity index (χ0v) is 24.1. The molecule has 2 fully saturated rings. The lowest BCUT2D eigenvalue weighted by Gasteiger charge is -2.39.